The van der Waals surface area contributed by atoms with E-state index in [2.05, 4.69) is 4.72 Å². The first-order chi connectivity index (χ1) is 9.90. The van der Waals surface area contributed by atoms with Gasteiger partial charge in [-0.2, -0.15) is 0 Å². The minimum Gasteiger partial charge on any atom is -0.376 e. The fourth-order valence-corrected chi connectivity index (χ4v) is 4.17. The molecule has 4 atom stereocenters. The Morgan fingerprint density at radius 3 is 2.62 bits per heavy atom. The maximum atomic E-state index is 12.3. The molecule has 3 rings (SSSR count). The first kappa shape index (κ1) is 14.4. The molecule has 9 heteroatoms. The molecule has 1 aliphatic heterocycles. The van der Waals surface area contributed by atoms with E-state index in [1.54, 1.807) is 0 Å². The Hall–Kier alpha value is -1.55. The van der Waals surface area contributed by atoms with Gasteiger partial charge in [-0.05, 0) is 18.6 Å². The zero-order valence-electron chi connectivity index (χ0n) is 11.0. The Balaban J connectivity index is 1.76. The number of fused-ring (bicyclic) bond motifs is 1. The first-order valence-electron chi connectivity index (χ1n) is 6.54. The van der Waals surface area contributed by atoms with Crippen molar-refractivity contribution in [1.29, 1.82) is 0 Å². The number of sulfonamides is 1. The molecule has 21 heavy (non-hydrogen) atoms. The van der Waals surface area contributed by atoms with E-state index in [0.29, 0.717) is 6.61 Å². The largest absolute Gasteiger partial charge is 0.376 e. The summed E-state index contributed by atoms with van der Waals surface area (Å²) in [5, 5.41) is 10.6. The molecule has 0 bridgehead atoms. The Bertz CT molecular complexity index is 660. The molecule has 0 spiro atoms. The number of nitro groups is 1. The lowest BCUT2D eigenvalue weighted by Crippen LogP contribution is -2.68. The molecule has 1 saturated carbocycles. The standard InChI is InChI=1S/C12H15N3O5S/c13-10-9-5-6-20-12(9)11(10)14-21(18,19)8-3-1-7(2-4-8)15(16)17/h1-4,9-12,14H,5-6,13H2. The number of nitrogens with zero attached hydrogens (tertiary/aromatic N) is 1. The third kappa shape index (κ3) is 2.42. The minimum absolute atomic E-state index is 0.0262. The number of non-ortho nitro benzene ring substituents is 1. The molecule has 3 N–H and O–H groups in total. The van der Waals surface area contributed by atoms with Gasteiger partial charge < -0.3 is 10.5 Å². The normalized spacial score (nSPS) is 31.5. The summed E-state index contributed by atoms with van der Waals surface area (Å²) in [6, 6.07) is 4.02. The van der Waals surface area contributed by atoms with Crippen molar-refractivity contribution in [3.63, 3.8) is 0 Å². The number of ether oxygens (including phenoxy) is 1. The van der Waals surface area contributed by atoms with Crippen molar-refractivity contribution in [3.8, 4) is 0 Å². The van der Waals surface area contributed by atoms with Gasteiger partial charge in [0.05, 0.1) is 22.0 Å². The van der Waals surface area contributed by atoms with Crippen LogP contribution in [0.25, 0.3) is 0 Å². The van der Waals surface area contributed by atoms with Crippen LogP contribution in [0.3, 0.4) is 0 Å². The summed E-state index contributed by atoms with van der Waals surface area (Å²) >= 11 is 0. The van der Waals surface area contributed by atoms with Crippen LogP contribution in [0.5, 0.6) is 0 Å². The molecule has 1 heterocycles. The number of hydrogen-bond acceptors (Lipinski definition) is 6. The van der Waals surface area contributed by atoms with E-state index < -0.39 is 21.0 Å². The Kier molecular flexibility index (Phi) is 3.44. The number of nitrogens with one attached hydrogen (secondary N) is 1. The highest BCUT2D eigenvalue weighted by atomic mass is 32.2. The van der Waals surface area contributed by atoms with Gasteiger partial charge in [0.15, 0.2) is 0 Å². The van der Waals surface area contributed by atoms with Crippen LogP contribution in [0.2, 0.25) is 0 Å². The predicted molar refractivity (Wildman–Crippen MR) is 73.0 cm³/mol. The smallest absolute Gasteiger partial charge is 0.269 e. The fourth-order valence-electron chi connectivity index (χ4n) is 2.89. The van der Waals surface area contributed by atoms with Gasteiger partial charge in [-0.1, -0.05) is 0 Å². The molecule has 114 valence electrons. The van der Waals surface area contributed by atoms with Gasteiger partial charge in [0.25, 0.3) is 5.69 Å². The van der Waals surface area contributed by atoms with Gasteiger partial charge in [-0.15, -0.1) is 0 Å². The lowest BCUT2D eigenvalue weighted by atomic mass is 9.73. The number of benzene rings is 1. The topological polar surface area (TPSA) is 125 Å². The molecule has 2 fully saturated rings. The summed E-state index contributed by atoms with van der Waals surface area (Å²) in [4.78, 5) is 9.96. The number of nitrogens with two attached hydrogens (primary N) is 1. The van der Waals surface area contributed by atoms with Crippen LogP contribution in [0.1, 0.15) is 6.42 Å². The van der Waals surface area contributed by atoms with Crippen molar-refractivity contribution in [2.75, 3.05) is 6.61 Å². The monoisotopic (exact) mass is 313 g/mol. The summed E-state index contributed by atoms with van der Waals surface area (Å²) < 4.78 is 32.5. The van der Waals surface area contributed by atoms with Crippen LogP contribution in [0.4, 0.5) is 5.69 Å². The molecule has 1 aliphatic carbocycles. The van der Waals surface area contributed by atoms with Crippen molar-refractivity contribution in [3.05, 3.63) is 34.4 Å². The van der Waals surface area contributed by atoms with Gasteiger partial charge in [-0.25, -0.2) is 13.1 Å². The van der Waals surface area contributed by atoms with E-state index >= 15 is 0 Å². The van der Waals surface area contributed by atoms with E-state index in [9.17, 15) is 18.5 Å². The lowest BCUT2D eigenvalue weighted by molar-refractivity contribution is -0.384. The number of hydrogen-bond donors (Lipinski definition) is 2. The molecule has 1 aromatic rings. The molecule has 1 aromatic carbocycles. The second-order valence-electron chi connectivity index (χ2n) is 5.26. The molecule has 0 radical (unpaired) electrons. The van der Waals surface area contributed by atoms with Crippen LogP contribution in [-0.2, 0) is 14.8 Å². The quantitative estimate of drug-likeness (QED) is 0.595. The number of nitro benzene ring substituents is 1. The van der Waals surface area contributed by atoms with Gasteiger partial charge >= 0.3 is 0 Å². The van der Waals surface area contributed by atoms with Crippen molar-refractivity contribution in [1.82, 2.24) is 4.72 Å². The summed E-state index contributed by atoms with van der Waals surface area (Å²) in [6.45, 7) is 0.596. The molecule has 8 nitrogen and oxygen atoms in total. The third-order valence-corrected chi connectivity index (χ3v) is 5.57. The van der Waals surface area contributed by atoms with E-state index in [1.807, 2.05) is 0 Å². The molecule has 0 amide bonds. The van der Waals surface area contributed by atoms with Gasteiger partial charge in [0, 0.05) is 30.7 Å². The highest BCUT2D eigenvalue weighted by molar-refractivity contribution is 7.89. The zero-order chi connectivity index (χ0) is 15.2. The van der Waals surface area contributed by atoms with Crippen LogP contribution >= 0.6 is 0 Å². The Labute approximate surface area is 121 Å². The number of rotatable bonds is 4. The zero-order valence-corrected chi connectivity index (χ0v) is 11.8. The maximum Gasteiger partial charge on any atom is 0.269 e. The highest BCUT2D eigenvalue weighted by Crippen LogP contribution is 2.38. The van der Waals surface area contributed by atoms with E-state index in [-0.39, 0.29) is 28.6 Å². The van der Waals surface area contributed by atoms with Gasteiger partial charge in [0.1, 0.15) is 0 Å². The van der Waals surface area contributed by atoms with E-state index in [1.165, 1.54) is 12.1 Å². The lowest BCUT2D eigenvalue weighted by Gasteiger charge is -2.45. The molecule has 1 saturated heterocycles. The molecular weight excluding hydrogens is 298 g/mol. The fraction of sp³-hybridized carbons (Fsp3) is 0.500. The van der Waals surface area contributed by atoms with Crippen molar-refractivity contribution in [2.24, 2.45) is 11.7 Å². The van der Waals surface area contributed by atoms with Crippen LogP contribution in [0, 0.1) is 16.0 Å². The van der Waals surface area contributed by atoms with Crippen LogP contribution in [0.15, 0.2) is 29.2 Å². The summed E-state index contributed by atoms with van der Waals surface area (Å²) in [5.74, 6) is 0.203. The minimum atomic E-state index is -3.77. The SMILES string of the molecule is NC1C2CCOC2C1NS(=O)(=O)c1ccc([N+](=O)[O-])cc1. The molecule has 4 unspecified atom stereocenters. The highest BCUT2D eigenvalue weighted by Gasteiger charge is 2.53. The maximum absolute atomic E-state index is 12.3. The summed E-state index contributed by atoms with van der Waals surface area (Å²) in [6.07, 6.45) is 0.675. The van der Waals surface area contributed by atoms with E-state index in [4.69, 9.17) is 10.5 Å². The van der Waals surface area contributed by atoms with Crippen LogP contribution < -0.4 is 10.5 Å². The molecule has 0 aromatic heterocycles. The van der Waals surface area contributed by atoms with Crippen molar-refractivity contribution < 1.29 is 18.1 Å². The van der Waals surface area contributed by atoms with Crippen molar-refractivity contribution in [2.45, 2.75) is 29.5 Å². The summed E-state index contributed by atoms with van der Waals surface area (Å²) in [7, 11) is -3.77. The van der Waals surface area contributed by atoms with E-state index in [0.717, 1.165) is 18.6 Å². The van der Waals surface area contributed by atoms with Crippen molar-refractivity contribution >= 4 is 15.7 Å². The second-order valence-corrected chi connectivity index (χ2v) is 6.98. The predicted octanol–water partition coefficient (Wildman–Crippen LogP) is -0.0123. The summed E-state index contributed by atoms with van der Waals surface area (Å²) in [5.41, 5.74) is 5.80. The first-order valence-corrected chi connectivity index (χ1v) is 8.02. The second kappa shape index (κ2) is 5.02. The average Bonchev–Trinajstić information content (AvgIpc) is 2.90. The third-order valence-electron chi connectivity index (χ3n) is 4.10. The Morgan fingerprint density at radius 2 is 2.00 bits per heavy atom. The van der Waals surface area contributed by atoms with Crippen LogP contribution in [-0.4, -0.2) is 38.1 Å². The Morgan fingerprint density at radius 1 is 1.33 bits per heavy atom. The van der Waals surface area contributed by atoms with Gasteiger partial charge in [0.2, 0.25) is 10.0 Å². The molecular formula is C12H15N3O5S. The van der Waals surface area contributed by atoms with Gasteiger partial charge in [-0.3, -0.25) is 10.1 Å². The molecule has 2 aliphatic rings. The average molecular weight is 313 g/mol.